The molecule has 0 spiro atoms. The van der Waals surface area contributed by atoms with E-state index in [2.05, 4.69) is 28.2 Å². The van der Waals surface area contributed by atoms with Gasteiger partial charge in [-0.3, -0.25) is 28.8 Å². The molecule has 0 aromatic heterocycles. The Hall–Kier alpha value is -3.26. The first-order valence-electron chi connectivity index (χ1n) is 17.0. The van der Waals surface area contributed by atoms with Crippen LogP contribution in [0, 0.1) is 17.8 Å². The van der Waals surface area contributed by atoms with Gasteiger partial charge >= 0.3 is 5.97 Å². The summed E-state index contributed by atoms with van der Waals surface area (Å²) in [5.41, 5.74) is 0. The minimum Gasteiger partial charge on any atom is -0.460 e. The highest BCUT2D eigenvalue weighted by Crippen LogP contribution is 2.22. The second-order valence-corrected chi connectivity index (χ2v) is 13.4. The molecule has 0 aromatic rings. The molecule has 1 fully saturated rings. The van der Waals surface area contributed by atoms with Gasteiger partial charge in [0.1, 0.15) is 36.8 Å². The predicted octanol–water partition coefficient (Wildman–Crippen LogP) is 0.771. The van der Waals surface area contributed by atoms with Gasteiger partial charge in [0.15, 0.2) is 0 Å². The molecular formula is C33H59N5O9. The number of cyclic esters (lactones) is 1. The van der Waals surface area contributed by atoms with Crippen molar-refractivity contribution in [2.24, 2.45) is 17.8 Å². The molecule has 14 nitrogen and oxygen atoms in total. The van der Waals surface area contributed by atoms with Crippen molar-refractivity contribution in [2.45, 2.75) is 136 Å². The van der Waals surface area contributed by atoms with Crippen LogP contribution in [0.4, 0.5) is 0 Å². The summed E-state index contributed by atoms with van der Waals surface area (Å²) in [6.07, 6.45) is 4.27. The summed E-state index contributed by atoms with van der Waals surface area (Å²) < 4.78 is 5.74. The SMILES string of the molecule is CCCCCCCCC1OC(=O)CNC(=O)C(C(C)O)NC(=O)C(CO)NC(=O)C(C(C)C)NC(=O)C(CC(C)C)N(C)C(=O)C1C. The number of ether oxygens (including phenoxy) is 1. The Kier molecular flexibility index (Phi) is 18.5. The van der Waals surface area contributed by atoms with Gasteiger partial charge in [-0.05, 0) is 38.0 Å². The highest BCUT2D eigenvalue weighted by molar-refractivity contribution is 5.96. The molecule has 1 rings (SSSR count). The third kappa shape index (κ3) is 13.8. The van der Waals surface area contributed by atoms with Gasteiger partial charge in [0.2, 0.25) is 29.5 Å². The van der Waals surface area contributed by atoms with Crippen molar-refractivity contribution in [3.8, 4) is 0 Å². The lowest BCUT2D eigenvalue weighted by molar-refractivity contribution is -0.157. The zero-order valence-electron chi connectivity index (χ0n) is 29.5. The molecule has 1 heterocycles. The van der Waals surface area contributed by atoms with E-state index < -0.39 is 96.9 Å². The maximum atomic E-state index is 13.9. The minimum atomic E-state index is -1.53. The van der Waals surface area contributed by atoms with Crippen molar-refractivity contribution >= 4 is 35.5 Å². The number of carbonyl (C=O) groups excluding carboxylic acids is 6. The van der Waals surface area contributed by atoms with Gasteiger partial charge in [-0.1, -0.05) is 73.6 Å². The Morgan fingerprint density at radius 3 is 1.98 bits per heavy atom. The summed E-state index contributed by atoms with van der Waals surface area (Å²) in [5.74, 6) is -5.74. The van der Waals surface area contributed by atoms with Gasteiger partial charge in [-0.25, -0.2) is 0 Å². The van der Waals surface area contributed by atoms with Gasteiger partial charge in [-0.15, -0.1) is 0 Å². The second kappa shape index (κ2) is 20.9. The van der Waals surface area contributed by atoms with Crippen LogP contribution in [0.25, 0.3) is 0 Å². The quantitative estimate of drug-likeness (QED) is 0.128. The maximum Gasteiger partial charge on any atom is 0.325 e. The molecular weight excluding hydrogens is 610 g/mol. The van der Waals surface area contributed by atoms with E-state index in [0.29, 0.717) is 12.8 Å². The number of unbranched alkanes of at least 4 members (excludes halogenated alkanes) is 5. The van der Waals surface area contributed by atoms with Crippen LogP contribution in [0.5, 0.6) is 0 Å². The van der Waals surface area contributed by atoms with Crippen molar-refractivity contribution < 1.29 is 43.7 Å². The largest absolute Gasteiger partial charge is 0.460 e. The fourth-order valence-electron chi connectivity index (χ4n) is 5.44. The number of rotatable bonds is 12. The van der Waals surface area contributed by atoms with Crippen molar-refractivity contribution in [3.63, 3.8) is 0 Å². The second-order valence-electron chi connectivity index (χ2n) is 13.4. The van der Waals surface area contributed by atoms with Crippen LogP contribution in [0.15, 0.2) is 0 Å². The van der Waals surface area contributed by atoms with Crippen molar-refractivity contribution in [1.29, 1.82) is 0 Å². The van der Waals surface area contributed by atoms with Gasteiger partial charge in [0.25, 0.3) is 0 Å². The number of amides is 5. The van der Waals surface area contributed by atoms with E-state index in [1.54, 1.807) is 20.8 Å². The summed E-state index contributed by atoms with van der Waals surface area (Å²) in [7, 11) is 1.50. The van der Waals surface area contributed by atoms with Crippen LogP contribution < -0.4 is 21.3 Å². The van der Waals surface area contributed by atoms with E-state index in [9.17, 15) is 39.0 Å². The molecule has 0 saturated carbocycles. The molecule has 0 aromatic carbocycles. The van der Waals surface area contributed by atoms with E-state index in [1.807, 2.05) is 13.8 Å². The summed E-state index contributed by atoms with van der Waals surface area (Å²) in [4.78, 5) is 81.2. The van der Waals surface area contributed by atoms with Crippen molar-refractivity contribution in [2.75, 3.05) is 20.2 Å². The van der Waals surface area contributed by atoms with E-state index >= 15 is 0 Å². The Labute approximate surface area is 279 Å². The zero-order valence-corrected chi connectivity index (χ0v) is 29.5. The standard InChI is InChI=1S/C33H59N5O9/c1-9-10-11-12-13-14-15-25-21(6)33(46)38(8)24(16-19(2)3)30(43)36-27(20(4)5)32(45)35-23(18-39)29(42)37-28(22(7)40)31(44)34-17-26(41)47-25/h19-25,27-28,39-40H,9-18H2,1-8H3,(H,34,44)(H,35,45)(H,36,43)(H,37,42). The van der Waals surface area contributed by atoms with Crippen LogP contribution in [-0.4, -0.2) is 107 Å². The molecule has 0 aliphatic carbocycles. The summed E-state index contributed by atoms with van der Waals surface area (Å²) >= 11 is 0. The van der Waals surface area contributed by atoms with Gasteiger partial charge in [0, 0.05) is 7.05 Å². The van der Waals surface area contributed by atoms with Crippen molar-refractivity contribution in [1.82, 2.24) is 26.2 Å². The van der Waals surface area contributed by atoms with Crippen LogP contribution in [0.1, 0.15) is 99.8 Å². The monoisotopic (exact) mass is 669 g/mol. The van der Waals surface area contributed by atoms with E-state index in [1.165, 1.54) is 18.9 Å². The first-order valence-corrected chi connectivity index (χ1v) is 17.0. The van der Waals surface area contributed by atoms with E-state index in [0.717, 1.165) is 32.1 Å². The predicted molar refractivity (Wildman–Crippen MR) is 175 cm³/mol. The summed E-state index contributed by atoms with van der Waals surface area (Å²) in [6.45, 7) is 10.8. The zero-order chi connectivity index (χ0) is 35.8. The summed E-state index contributed by atoms with van der Waals surface area (Å²) in [6, 6.07) is -5.16. The third-order valence-corrected chi connectivity index (χ3v) is 8.42. The summed E-state index contributed by atoms with van der Waals surface area (Å²) in [5, 5.41) is 29.9. The third-order valence-electron chi connectivity index (χ3n) is 8.42. The first-order chi connectivity index (χ1) is 22.0. The van der Waals surface area contributed by atoms with Crippen LogP contribution in [-0.2, 0) is 33.5 Å². The number of likely N-dealkylation sites (N-methyl/N-ethyl adjacent to an activating group) is 1. The molecule has 270 valence electrons. The molecule has 6 N–H and O–H groups in total. The Bertz CT molecular complexity index is 1050. The lowest BCUT2D eigenvalue weighted by Crippen LogP contribution is -2.61. The van der Waals surface area contributed by atoms with Gasteiger partial charge in [-0.2, -0.15) is 0 Å². The average molecular weight is 670 g/mol. The Balaban J connectivity index is 3.53. The fraction of sp³-hybridized carbons (Fsp3) is 0.818. The highest BCUT2D eigenvalue weighted by Gasteiger charge is 2.38. The topological polar surface area (TPSA) is 203 Å². The molecule has 0 radical (unpaired) electrons. The number of hydrogen-bond donors (Lipinski definition) is 6. The molecule has 7 unspecified atom stereocenters. The molecule has 1 aliphatic heterocycles. The van der Waals surface area contributed by atoms with Crippen LogP contribution >= 0.6 is 0 Å². The molecule has 7 atom stereocenters. The molecule has 5 amide bonds. The van der Waals surface area contributed by atoms with Crippen molar-refractivity contribution in [3.05, 3.63) is 0 Å². The molecule has 1 aliphatic rings. The fourth-order valence-corrected chi connectivity index (χ4v) is 5.44. The van der Waals surface area contributed by atoms with E-state index in [-0.39, 0.29) is 12.3 Å². The smallest absolute Gasteiger partial charge is 0.325 e. The average Bonchev–Trinajstić information content (AvgIpc) is 3.01. The van der Waals surface area contributed by atoms with Gasteiger partial charge < -0.3 is 41.1 Å². The number of hydrogen-bond acceptors (Lipinski definition) is 9. The molecule has 1 saturated heterocycles. The van der Waals surface area contributed by atoms with E-state index in [4.69, 9.17) is 4.74 Å². The highest BCUT2D eigenvalue weighted by atomic mass is 16.5. The molecule has 14 heteroatoms. The van der Waals surface area contributed by atoms with Crippen LogP contribution in [0.3, 0.4) is 0 Å². The lowest BCUT2D eigenvalue weighted by Gasteiger charge is -2.34. The number of carbonyl (C=O) groups is 6. The minimum absolute atomic E-state index is 0.00562. The Morgan fingerprint density at radius 2 is 1.43 bits per heavy atom. The lowest BCUT2D eigenvalue weighted by atomic mass is 9.94. The number of esters is 1. The maximum absolute atomic E-state index is 13.9. The number of aliphatic hydroxyl groups is 2. The van der Waals surface area contributed by atoms with Gasteiger partial charge in [0.05, 0.1) is 18.6 Å². The molecule has 47 heavy (non-hydrogen) atoms. The first kappa shape index (κ1) is 41.8. The normalized spacial score (nSPS) is 26.9. The number of nitrogens with one attached hydrogen (secondary N) is 4. The van der Waals surface area contributed by atoms with Crippen LogP contribution in [0.2, 0.25) is 0 Å². The number of nitrogens with zero attached hydrogens (tertiary/aromatic N) is 1. The molecule has 0 bridgehead atoms. The number of aliphatic hydroxyl groups excluding tert-OH is 2. The Morgan fingerprint density at radius 1 is 0.830 bits per heavy atom.